The number of fused-ring (bicyclic) bond motifs is 1. The van der Waals surface area contributed by atoms with Crippen molar-refractivity contribution in [3.8, 4) is 0 Å². The minimum Gasteiger partial charge on any atom is -0.365 e. The van der Waals surface area contributed by atoms with Crippen LogP contribution < -0.4 is 16.4 Å². The van der Waals surface area contributed by atoms with Crippen molar-refractivity contribution in [2.45, 2.75) is 13.0 Å². The Kier molecular flexibility index (Phi) is 6.81. The number of anilines is 2. The average molecular weight is 524 g/mol. The monoisotopic (exact) mass is 522 g/mol. The van der Waals surface area contributed by atoms with E-state index < -0.39 is 11.8 Å². The zero-order valence-electron chi connectivity index (χ0n) is 17.0. The van der Waals surface area contributed by atoms with Crippen molar-refractivity contribution in [3.05, 3.63) is 79.1 Å². The normalized spacial score (nSPS) is 12.8. The molecule has 0 unspecified atom stereocenters. The second kappa shape index (κ2) is 9.61. The summed E-state index contributed by atoms with van der Waals surface area (Å²) in [4.78, 5) is 40.1. The number of para-hydroxylation sites is 1. The number of urea groups is 1. The number of carbonyl (C=O) groups excluding carboxylic acids is 3. The van der Waals surface area contributed by atoms with Crippen LogP contribution in [0.3, 0.4) is 0 Å². The highest BCUT2D eigenvalue weighted by molar-refractivity contribution is 7.17. The van der Waals surface area contributed by atoms with Crippen LogP contribution in [0, 0.1) is 0 Å². The van der Waals surface area contributed by atoms with Crippen LogP contribution in [0.2, 0.25) is 15.1 Å². The Morgan fingerprint density at radius 3 is 2.27 bits per heavy atom. The van der Waals surface area contributed by atoms with Crippen LogP contribution in [0.25, 0.3) is 0 Å². The molecule has 0 saturated carbocycles. The Hall–Kier alpha value is -2.78. The largest absolute Gasteiger partial charge is 0.365 e. The molecule has 2 heterocycles. The lowest BCUT2D eigenvalue weighted by atomic mass is 10.0. The van der Waals surface area contributed by atoms with Crippen LogP contribution >= 0.6 is 46.1 Å². The number of hydrogen-bond donors (Lipinski definition) is 3. The van der Waals surface area contributed by atoms with Gasteiger partial charge in [0.25, 0.3) is 11.8 Å². The molecule has 1 aliphatic rings. The van der Waals surface area contributed by atoms with Gasteiger partial charge in [0.1, 0.15) is 5.00 Å². The number of benzene rings is 2. The summed E-state index contributed by atoms with van der Waals surface area (Å²) >= 11 is 19.6. The first-order valence-electron chi connectivity index (χ1n) is 9.76. The lowest BCUT2D eigenvalue weighted by Gasteiger charge is -2.27. The minimum atomic E-state index is -0.650. The third kappa shape index (κ3) is 4.79. The molecule has 4 N–H and O–H groups in total. The summed E-state index contributed by atoms with van der Waals surface area (Å²) in [6, 6.07) is 11.2. The number of amides is 4. The van der Waals surface area contributed by atoms with E-state index in [1.165, 1.54) is 11.3 Å². The first kappa shape index (κ1) is 23.4. The molecule has 11 heteroatoms. The van der Waals surface area contributed by atoms with Crippen molar-refractivity contribution >= 4 is 74.7 Å². The topological polar surface area (TPSA) is 105 Å². The average Bonchev–Trinajstić information content (AvgIpc) is 3.13. The van der Waals surface area contributed by atoms with E-state index in [1.54, 1.807) is 47.4 Å². The smallest absolute Gasteiger partial charge is 0.322 e. The number of halogens is 3. The predicted molar refractivity (Wildman–Crippen MR) is 132 cm³/mol. The van der Waals surface area contributed by atoms with Gasteiger partial charge in [0.05, 0.1) is 38.4 Å². The molecule has 1 aliphatic heterocycles. The zero-order chi connectivity index (χ0) is 23.7. The van der Waals surface area contributed by atoms with Gasteiger partial charge in [0.2, 0.25) is 0 Å². The van der Waals surface area contributed by atoms with E-state index >= 15 is 0 Å². The van der Waals surface area contributed by atoms with Gasteiger partial charge in [-0.05, 0) is 36.2 Å². The molecule has 0 bridgehead atoms. The van der Waals surface area contributed by atoms with E-state index in [-0.39, 0.29) is 28.7 Å². The Labute approximate surface area is 208 Å². The third-order valence-electron chi connectivity index (χ3n) is 5.13. The Bertz CT molecular complexity index is 1260. The minimum absolute atomic E-state index is 0.232. The van der Waals surface area contributed by atoms with Gasteiger partial charge in [-0.3, -0.25) is 9.59 Å². The Morgan fingerprint density at radius 2 is 1.61 bits per heavy atom. The molecule has 0 spiro atoms. The van der Waals surface area contributed by atoms with Crippen LogP contribution in [0.1, 0.15) is 31.2 Å². The molecule has 0 saturated heterocycles. The first-order chi connectivity index (χ1) is 15.8. The molecule has 2 aromatic carbocycles. The second-order valence-corrected chi connectivity index (χ2v) is 9.53. The highest BCUT2D eigenvalue weighted by atomic mass is 35.5. The van der Waals surface area contributed by atoms with Gasteiger partial charge in [0, 0.05) is 11.4 Å². The highest BCUT2D eigenvalue weighted by Crippen LogP contribution is 2.38. The van der Waals surface area contributed by atoms with Crippen LogP contribution in [-0.4, -0.2) is 29.3 Å². The summed E-state index contributed by atoms with van der Waals surface area (Å²) in [5.41, 5.74) is 7.21. The molecule has 0 fully saturated rings. The molecular weight excluding hydrogens is 507 g/mol. The third-order valence-corrected chi connectivity index (χ3v) is 7.22. The van der Waals surface area contributed by atoms with Crippen molar-refractivity contribution in [2.24, 2.45) is 5.73 Å². The molecule has 4 amide bonds. The van der Waals surface area contributed by atoms with E-state index in [0.717, 1.165) is 10.4 Å². The van der Waals surface area contributed by atoms with E-state index in [9.17, 15) is 14.4 Å². The van der Waals surface area contributed by atoms with E-state index in [1.807, 2.05) is 0 Å². The van der Waals surface area contributed by atoms with Gasteiger partial charge in [-0.2, -0.15) is 0 Å². The highest BCUT2D eigenvalue weighted by Gasteiger charge is 2.30. The maximum absolute atomic E-state index is 12.8. The lowest BCUT2D eigenvalue weighted by Crippen LogP contribution is -2.38. The molecule has 0 aliphatic carbocycles. The van der Waals surface area contributed by atoms with E-state index in [0.29, 0.717) is 33.7 Å². The van der Waals surface area contributed by atoms with Gasteiger partial charge in [-0.15, -0.1) is 11.3 Å². The van der Waals surface area contributed by atoms with Crippen molar-refractivity contribution in [1.82, 2.24) is 4.90 Å². The Morgan fingerprint density at radius 1 is 0.939 bits per heavy atom. The number of carbonyl (C=O) groups is 3. The molecule has 0 atom stereocenters. The number of hydrogen-bond acceptors (Lipinski definition) is 4. The fraction of sp³-hybridized carbons (Fsp3) is 0.136. The SMILES string of the molecule is NC(=O)c1c(NC(=O)c2ccccc2Cl)sc2c1CCN(C(=O)Nc1c(Cl)cccc1Cl)C2. The Balaban J connectivity index is 1.57. The fourth-order valence-corrected chi connectivity index (χ4v) is 5.52. The first-order valence-corrected chi connectivity index (χ1v) is 11.7. The van der Waals surface area contributed by atoms with E-state index in [4.69, 9.17) is 40.5 Å². The molecule has 4 rings (SSSR count). The maximum atomic E-state index is 12.8. The van der Waals surface area contributed by atoms with Crippen molar-refractivity contribution in [1.29, 1.82) is 0 Å². The number of rotatable bonds is 4. The standard InChI is InChI=1S/C22H17Cl3N4O3S/c23-13-5-2-1-4-11(13)20(31)28-21-17(19(26)30)12-8-9-29(10-16(12)33-21)22(32)27-18-14(24)6-3-7-15(18)25/h1-7H,8-10H2,(H2,26,30)(H,27,32)(H,28,31). The summed E-state index contributed by atoms with van der Waals surface area (Å²) < 4.78 is 0. The fourth-order valence-electron chi connectivity index (χ4n) is 3.54. The molecule has 33 heavy (non-hydrogen) atoms. The molecule has 7 nitrogen and oxygen atoms in total. The van der Waals surface area contributed by atoms with Crippen molar-refractivity contribution in [3.63, 3.8) is 0 Å². The van der Waals surface area contributed by atoms with Crippen LogP contribution in [0.15, 0.2) is 42.5 Å². The van der Waals surface area contributed by atoms with Crippen LogP contribution in [0.4, 0.5) is 15.5 Å². The summed E-state index contributed by atoms with van der Waals surface area (Å²) in [5, 5.41) is 6.75. The number of nitrogens with one attached hydrogen (secondary N) is 2. The van der Waals surface area contributed by atoms with Gasteiger partial charge < -0.3 is 21.3 Å². The predicted octanol–water partition coefficient (Wildman–Crippen LogP) is 5.65. The lowest BCUT2D eigenvalue weighted by molar-refractivity contribution is 0.1000. The summed E-state index contributed by atoms with van der Waals surface area (Å²) in [5.74, 6) is -1.10. The van der Waals surface area contributed by atoms with Crippen molar-refractivity contribution < 1.29 is 14.4 Å². The summed E-state index contributed by atoms with van der Waals surface area (Å²) in [6.07, 6.45) is 0.399. The van der Waals surface area contributed by atoms with Gasteiger partial charge in [-0.25, -0.2) is 4.79 Å². The maximum Gasteiger partial charge on any atom is 0.322 e. The van der Waals surface area contributed by atoms with Gasteiger partial charge in [-0.1, -0.05) is 53.0 Å². The number of nitrogens with zero attached hydrogens (tertiary/aromatic N) is 1. The van der Waals surface area contributed by atoms with Crippen LogP contribution in [0.5, 0.6) is 0 Å². The molecule has 170 valence electrons. The van der Waals surface area contributed by atoms with Crippen LogP contribution in [-0.2, 0) is 13.0 Å². The second-order valence-electron chi connectivity index (χ2n) is 7.20. The zero-order valence-corrected chi connectivity index (χ0v) is 20.0. The molecule has 1 aromatic heterocycles. The molecule has 0 radical (unpaired) electrons. The molecule has 3 aromatic rings. The molecular formula is C22H17Cl3N4O3S. The summed E-state index contributed by atoms with van der Waals surface area (Å²) in [7, 11) is 0. The quantitative estimate of drug-likeness (QED) is 0.411. The van der Waals surface area contributed by atoms with Crippen molar-refractivity contribution in [2.75, 3.05) is 17.2 Å². The van der Waals surface area contributed by atoms with Gasteiger partial charge in [0.15, 0.2) is 0 Å². The number of primary amides is 1. The number of nitrogens with two attached hydrogens (primary N) is 1. The number of thiophene rings is 1. The summed E-state index contributed by atoms with van der Waals surface area (Å²) in [6.45, 7) is 0.575. The van der Waals surface area contributed by atoms with E-state index in [2.05, 4.69) is 10.6 Å². The van der Waals surface area contributed by atoms with Gasteiger partial charge >= 0.3 is 6.03 Å².